The second-order valence-electron chi connectivity index (χ2n) is 4.86. The Labute approximate surface area is 127 Å². The normalized spacial score (nSPS) is 12.3. The molecule has 2 aromatic carbocycles. The van der Waals surface area contributed by atoms with E-state index in [0.717, 1.165) is 18.2 Å². The van der Waals surface area contributed by atoms with Crippen molar-refractivity contribution in [1.29, 1.82) is 0 Å². The zero-order valence-corrected chi connectivity index (χ0v) is 13.0. The van der Waals surface area contributed by atoms with Gasteiger partial charge in [-0.2, -0.15) is 0 Å². The van der Waals surface area contributed by atoms with E-state index in [4.69, 9.17) is 0 Å². The van der Waals surface area contributed by atoms with E-state index in [0.29, 0.717) is 22.3 Å². The first-order valence-corrected chi connectivity index (χ1v) is 7.64. The topological polar surface area (TPSA) is 49.3 Å². The zero-order valence-electron chi connectivity index (χ0n) is 11.4. The van der Waals surface area contributed by atoms with Crippen molar-refractivity contribution in [3.63, 3.8) is 0 Å². The highest BCUT2D eigenvalue weighted by Crippen LogP contribution is 2.28. The fourth-order valence-electron chi connectivity index (χ4n) is 2.12. The number of carbonyl (C=O) groups excluding carboxylic acids is 1. The minimum Gasteiger partial charge on any atom is -0.506 e. The zero-order chi connectivity index (χ0) is 14.5. The lowest BCUT2D eigenvalue weighted by molar-refractivity contribution is 0.0950. The summed E-state index contributed by atoms with van der Waals surface area (Å²) in [5.74, 6) is -0.176. The molecule has 1 unspecified atom stereocenters. The number of phenolic OH excluding ortho intramolecular Hbond substituents is 1. The monoisotopic (exact) mass is 335 g/mol. The van der Waals surface area contributed by atoms with Crippen molar-refractivity contribution < 1.29 is 9.90 Å². The molecule has 3 nitrogen and oxygen atoms in total. The average Bonchev–Trinajstić information content (AvgIpc) is 2.44. The predicted molar refractivity (Wildman–Crippen MR) is 85.6 cm³/mol. The number of alkyl halides is 1. The van der Waals surface area contributed by atoms with Crippen LogP contribution in [0, 0.1) is 0 Å². The highest BCUT2D eigenvalue weighted by atomic mass is 79.9. The van der Waals surface area contributed by atoms with Gasteiger partial charge in [-0.25, -0.2) is 0 Å². The lowest BCUT2D eigenvalue weighted by Gasteiger charge is -2.09. The Kier molecular flexibility index (Phi) is 5.01. The summed E-state index contributed by atoms with van der Waals surface area (Å²) in [5, 5.41) is 14.7. The number of amides is 1. The Morgan fingerprint density at radius 1 is 1.30 bits per heavy atom. The maximum absolute atomic E-state index is 12.1. The summed E-state index contributed by atoms with van der Waals surface area (Å²) < 4.78 is 0. The molecule has 106 valence electrons. The Bertz CT molecular complexity index is 610. The standard InChI is InChI=1S/C16H18BrNO2/c1-11(17)5-4-10-18-16(20)14-9-8-12-6-2-3-7-13(12)15(14)19/h2-3,6-9,11,19H,4-5,10H2,1H3,(H,18,20). The molecule has 2 aromatic rings. The van der Waals surface area contributed by atoms with Gasteiger partial charge in [-0.15, -0.1) is 0 Å². The Hall–Kier alpha value is -1.55. The molecule has 0 aliphatic carbocycles. The van der Waals surface area contributed by atoms with E-state index in [9.17, 15) is 9.90 Å². The molecule has 0 aromatic heterocycles. The lowest BCUT2D eigenvalue weighted by Crippen LogP contribution is -2.24. The van der Waals surface area contributed by atoms with Gasteiger partial charge in [0.15, 0.2) is 0 Å². The van der Waals surface area contributed by atoms with Crippen LogP contribution in [-0.4, -0.2) is 22.4 Å². The number of nitrogens with one attached hydrogen (secondary N) is 1. The quantitative estimate of drug-likeness (QED) is 0.644. The number of rotatable bonds is 5. The smallest absolute Gasteiger partial charge is 0.255 e. The third-order valence-electron chi connectivity index (χ3n) is 3.21. The number of halogens is 1. The van der Waals surface area contributed by atoms with Crippen molar-refractivity contribution in [1.82, 2.24) is 5.32 Å². The summed E-state index contributed by atoms with van der Waals surface area (Å²) in [4.78, 5) is 12.5. The van der Waals surface area contributed by atoms with Crippen LogP contribution in [0.3, 0.4) is 0 Å². The minimum atomic E-state index is -0.226. The highest BCUT2D eigenvalue weighted by Gasteiger charge is 2.13. The second kappa shape index (κ2) is 6.75. The van der Waals surface area contributed by atoms with Gasteiger partial charge in [0, 0.05) is 16.8 Å². The summed E-state index contributed by atoms with van der Waals surface area (Å²) >= 11 is 3.47. The molecule has 1 atom stereocenters. The van der Waals surface area contributed by atoms with Gasteiger partial charge in [-0.1, -0.05) is 53.2 Å². The van der Waals surface area contributed by atoms with Gasteiger partial charge in [0.2, 0.25) is 0 Å². The van der Waals surface area contributed by atoms with Crippen molar-refractivity contribution >= 4 is 32.6 Å². The first-order valence-electron chi connectivity index (χ1n) is 6.72. The summed E-state index contributed by atoms with van der Waals surface area (Å²) in [7, 11) is 0. The molecule has 4 heteroatoms. The number of aromatic hydroxyl groups is 1. The van der Waals surface area contributed by atoms with E-state index < -0.39 is 0 Å². The third kappa shape index (κ3) is 3.51. The molecule has 0 aliphatic rings. The molecule has 0 saturated carbocycles. The van der Waals surface area contributed by atoms with Gasteiger partial charge >= 0.3 is 0 Å². The first kappa shape index (κ1) is 14.9. The van der Waals surface area contributed by atoms with E-state index in [1.165, 1.54) is 0 Å². The minimum absolute atomic E-state index is 0.0504. The maximum atomic E-state index is 12.1. The molecule has 20 heavy (non-hydrogen) atoms. The molecule has 0 fully saturated rings. The third-order valence-corrected chi connectivity index (χ3v) is 3.67. The predicted octanol–water partition coefficient (Wildman–Crippen LogP) is 3.84. The van der Waals surface area contributed by atoms with E-state index >= 15 is 0 Å². The van der Waals surface area contributed by atoms with Crippen molar-refractivity contribution in [2.45, 2.75) is 24.6 Å². The SMILES string of the molecule is CC(Br)CCCNC(=O)c1ccc2ccccc2c1O. The summed E-state index contributed by atoms with van der Waals surface area (Å²) in [6.45, 7) is 2.69. The van der Waals surface area contributed by atoms with Gasteiger partial charge in [-0.3, -0.25) is 4.79 Å². The van der Waals surface area contributed by atoms with Gasteiger partial charge in [-0.05, 0) is 24.3 Å². The number of hydrogen-bond donors (Lipinski definition) is 2. The highest BCUT2D eigenvalue weighted by molar-refractivity contribution is 9.09. The van der Waals surface area contributed by atoms with Crippen LogP contribution in [0.25, 0.3) is 10.8 Å². The number of benzene rings is 2. The molecule has 0 radical (unpaired) electrons. The van der Waals surface area contributed by atoms with Gasteiger partial charge in [0.25, 0.3) is 5.91 Å². The van der Waals surface area contributed by atoms with Crippen LogP contribution in [0.2, 0.25) is 0 Å². The summed E-state index contributed by atoms with van der Waals surface area (Å²) in [6.07, 6.45) is 1.91. The molecule has 0 saturated heterocycles. The summed E-state index contributed by atoms with van der Waals surface area (Å²) in [5.41, 5.74) is 0.329. The van der Waals surface area contributed by atoms with Crippen LogP contribution in [0.15, 0.2) is 36.4 Å². The average molecular weight is 336 g/mol. The molecule has 1 amide bonds. The van der Waals surface area contributed by atoms with Crippen LogP contribution in [0.1, 0.15) is 30.1 Å². The summed E-state index contributed by atoms with van der Waals surface area (Å²) in [6, 6.07) is 11.0. The van der Waals surface area contributed by atoms with Crippen LogP contribution < -0.4 is 5.32 Å². The molecule has 0 heterocycles. The second-order valence-corrected chi connectivity index (χ2v) is 6.42. The first-order chi connectivity index (χ1) is 9.59. The van der Waals surface area contributed by atoms with E-state index in [1.807, 2.05) is 30.3 Å². The molecule has 0 spiro atoms. The van der Waals surface area contributed by atoms with Crippen LogP contribution in [-0.2, 0) is 0 Å². The lowest BCUT2D eigenvalue weighted by atomic mass is 10.0. The van der Waals surface area contributed by atoms with Gasteiger partial charge in [0.05, 0.1) is 5.56 Å². The van der Waals surface area contributed by atoms with Gasteiger partial charge < -0.3 is 10.4 Å². The van der Waals surface area contributed by atoms with Crippen molar-refractivity contribution in [3.8, 4) is 5.75 Å². The van der Waals surface area contributed by atoms with E-state index in [-0.39, 0.29) is 11.7 Å². The van der Waals surface area contributed by atoms with Gasteiger partial charge in [0.1, 0.15) is 5.75 Å². The fraction of sp³-hybridized carbons (Fsp3) is 0.312. The van der Waals surface area contributed by atoms with Crippen LogP contribution in [0.4, 0.5) is 0 Å². The molecular weight excluding hydrogens is 318 g/mol. The molecule has 2 rings (SSSR count). The maximum Gasteiger partial charge on any atom is 0.255 e. The van der Waals surface area contributed by atoms with Crippen molar-refractivity contribution in [2.24, 2.45) is 0 Å². The van der Waals surface area contributed by atoms with Crippen LogP contribution in [0.5, 0.6) is 5.75 Å². The fourth-order valence-corrected chi connectivity index (χ4v) is 2.44. The van der Waals surface area contributed by atoms with Crippen LogP contribution >= 0.6 is 15.9 Å². The van der Waals surface area contributed by atoms with E-state index in [2.05, 4.69) is 28.2 Å². The molecule has 0 aliphatic heterocycles. The number of carbonyl (C=O) groups is 1. The Balaban J connectivity index is 2.08. The Morgan fingerprint density at radius 2 is 2.05 bits per heavy atom. The molecule has 0 bridgehead atoms. The van der Waals surface area contributed by atoms with E-state index in [1.54, 1.807) is 6.07 Å². The molecular formula is C16H18BrNO2. The van der Waals surface area contributed by atoms with Crippen molar-refractivity contribution in [3.05, 3.63) is 42.0 Å². The largest absolute Gasteiger partial charge is 0.506 e. The number of hydrogen-bond acceptors (Lipinski definition) is 2. The Morgan fingerprint density at radius 3 is 2.80 bits per heavy atom. The number of fused-ring (bicyclic) bond motifs is 1. The number of phenols is 1. The van der Waals surface area contributed by atoms with Crippen molar-refractivity contribution in [2.75, 3.05) is 6.54 Å². The molecule has 2 N–H and O–H groups in total.